The molecule has 0 aliphatic carbocycles. The van der Waals surface area contributed by atoms with Crippen LogP contribution in [0.2, 0.25) is 0 Å². The predicted molar refractivity (Wildman–Crippen MR) is 87.4 cm³/mol. The van der Waals surface area contributed by atoms with E-state index in [1.807, 2.05) is 30.3 Å². The van der Waals surface area contributed by atoms with Crippen LogP contribution < -0.4 is 0 Å². The SMILES string of the molecule is C=C(c1ccccc1)c1ccccc1C#CCCCC. The van der Waals surface area contributed by atoms with Crippen LogP contribution in [-0.4, -0.2) is 0 Å². The van der Waals surface area contributed by atoms with Gasteiger partial charge < -0.3 is 0 Å². The summed E-state index contributed by atoms with van der Waals surface area (Å²) in [6.07, 6.45) is 3.31. The molecule has 0 fully saturated rings. The van der Waals surface area contributed by atoms with E-state index in [4.69, 9.17) is 0 Å². The normalized spacial score (nSPS) is 9.65. The smallest absolute Gasteiger partial charge is 0.0323 e. The molecule has 0 amide bonds. The van der Waals surface area contributed by atoms with Crippen molar-refractivity contribution in [3.8, 4) is 11.8 Å². The Morgan fingerprint density at radius 3 is 2.45 bits per heavy atom. The first-order valence-electron chi connectivity index (χ1n) is 7.15. The summed E-state index contributed by atoms with van der Waals surface area (Å²) in [5, 5.41) is 0. The third-order valence-corrected chi connectivity index (χ3v) is 3.25. The largest absolute Gasteiger partial charge is 0.0979 e. The van der Waals surface area contributed by atoms with Crippen molar-refractivity contribution in [2.24, 2.45) is 0 Å². The van der Waals surface area contributed by atoms with Gasteiger partial charge in [0.1, 0.15) is 0 Å². The highest BCUT2D eigenvalue weighted by molar-refractivity contribution is 5.81. The second-order valence-electron chi connectivity index (χ2n) is 4.80. The molecular weight excluding hydrogens is 240 g/mol. The van der Waals surface area contributed by atoms with Crippen LogP contribution in [0.25, 0.3) is 5.57 Å². The Hall–Kier alpha value is -2.26. The van der Waals surface area contributed by atoms with Crippen LogP contribution in [0.15, 0.2) is 61.2 Å². The molecule has 2 rings (SSSR count). The zero-order valence-electron chi connectivity index (χ0n) is 12.0. The fraction of sp³-hybridized carbons (Fsp3) is 0.200. The lowest BCUT2D eigenvalue weighted by atomic mass is 9.95. The number of benzene rings is 2. The van der Waals surface area contributed by atoms with Crippen LogP contribution in [0, 0.1) is 11.8 Å². The van der Waals surface area contributed by atoms with Gasteiger partial charge in [0.25, 0.3) is 0 Å². The van der Waals surface area contributed by atoms with Crippen molar-refractivity contribution < 1.29 is 0 Å². The second-order valence-corrected chi connectivity index (χ2v) is 4.80. The molecule has 2 aromatic carbocycles. The third kappa shape index (κ3) is 3.62. The standard InChI is InChI=1S/C20H20/c1-3-4-5-7-14-19-15-10-11-16-20(19)17(2)18-12-8-6-9-13-18/h6,8-13,15-16H,2-5H2,1H3. The zero-order valence-corrected chi connectivity index (χ0v) is 12.0. The lowest BCUT2D eigenvalue weighted by Crippen LogP contribution is -1.90. The van der Waals surface area contributed by atoms with Crippen molar-refractivity contribution in [3.63, 3.8) is 0 Å². The Bertz CT molecular complexity index is 624. The molecule has 100 valence electrons. The first kappa shape index (κ1) is 14.2. The van der Waals surface area contributed by atoms with E-state index in [1.54, 1.807) is 0 Å². The maximum absolute atomic E-state index is 4.23. The van der Waals surface area contributed by atoms with Gasteiger partial charge in [0.05, 0.1) is 0 Å². The highest BCUT2D eigenvalue weighted by atomic mass is 14.1. The Labute approximate surface area is 122 Å². The quantitative estimate of drug-likeness (QED) is 0.517. The fourth-order valence-corrected chi connectivity index (χ4v) is 2.07. The average Bonchev–Trinajstić information content (AvgIpc) is 2.52. The van der Waals surface area contributed by atoms with Crippen molar-refractivity contribution in [2.75, 3.05) is 0 Å². The van der Waals surface area contributed by atoms with Crippen molar-refractivity contribution >= 4 is 5.57 Å². The first-order valence-corrected chi connectivity index (χ1v) is 7.15. The summed E-state index contributed by atoms with van der Waals surface area (Å²) >= 11 is 0. The van der Waals surface area contributed by atoms with Gasteiger partial charge in [-0.3, -0.25) is 0 Å². The summed E-state index contributed by atoms with van der Waals surface area (Å²) in [5.74, 6) is 6.55. The Kier molecular flexibility index (Phi) is 5.21. The van der Waals surface area contributed by atoms with E-state index in [1.165, 1.54) is 6.42 Å². The summed E-state index contributed by atoms with van der Waals surface area (Å²) < 4.78 is 0. The summed E-state index contributed by atoms with van der Waals surface area (Å²) in [4.78, 5) is 0. The number of rotatable bonds is 4. The van der Waals surface area contributed by atoms with E-state index in [0.29, 0.717) is 0 Å². The molecule has 0 aliphatic heterocycles. The molecule has 0 heterocycles. The van der Waals surface area contributed by atoms with Gasteiger partial charge in [-0.2, -0.15) is 0 Å². The molecule has 0 saturated heterocycles. The van der Waals surface area contributed by atoms with Gasteiger partial charge >= 0.3 is 0 Å². The highest BCUT2D eigenvalue weighted by Gasteiger charge is 2.05. The Balaban J connectivity index is 2.27. The maximum Gasteiger partial charge on any atom is 0.0323 e. The molecule has 0 nitrogen and oxygen atoms in total. The fourth-order valence-electron chi connectivity index (χ4n) is 2.07. The number of unbranched alkanes of at least 4 members (excludes halogenated alkanes) is 2. The monoisotopic (exact) mass is 260 g/mol. The maximum atomic E-state index is 4.23. The van der Waals surface area contributed by atoms with E-state index >= 15 is 0 Å². The van der Waals surface area contributed by atoms with Gasteiger partial charge in [-0.05, 0) is 29.2 Å². The second kappa shape index (κ2) is 7.36. The number of hydrogen-bond donors (Lipinski definition) is 0. The molecule has 20 heavy (non-hydrogen) atoms. The summed E-state index contributed by atoms with van der Waals surface area (Å²) in [5.41, 5.74) is 4.38. The minimum absolute atomic E-state index is 0.961. The third-order valence-electron chi connectivity index (χ3n) is 3.25. The molecule has 0 heteroatoms. The molecule has 0 unspecified atom stereocenters. The first-order chi connectivity index (χ1) is 9.83. The van der Waals surface area contributed by atoms with E-state index in [2.05, 4.69) is 49.6 Å². The summed E-state index contributed by atoms with van der Waals surface area (Å²) in [6, 6.07) is 18.5. The molecule has 0 bridgehead atoms. The lowest BCUT2D eigenvalue weighted by molar-refractivity contribution is 0.828. The molecule has 0 saturated carbocycles. The molecule has 0 aliphatic rings. The molecule has 2 aromatic rings. The summed E-state index contributed by atoms with van der Waals surface area (Å²) in [7, 11) is 0. The topological polar surface area (TPSA) is 0 Å². The van der Waals surface area contributed by atoms with Crippen LogP contribution in [0.4, 0.5) is 0 Å². The van der Waals surface area contributed by atoms with Crippen molar-refractivity contribution in [2.45, 2.75) is 26.2 Å². The minimum atomic E-state index is 0.961. The lowest BCUT2D eigenvalue weighted by Gasteiger charge is -2.08. The van der Waals surface area contributed by atoms with E-state index < -0.39 is 0 Å². The molecular formula is C20H20. The molecule has 0 atom stereocenters. The van der Waals surface area contributed by atoms with Crippen LogP contribution in [0.1, 0.15) is 42.9 Å². The van der Waals surface area contributed by atoms with Gasteiger partial charge in [0, 0.05) is 12.0 Å². The van der Waals surface area contributed by atoms with E-state index in [9.17, 15) is 0 Å². The van der Waals surface area contributed by atoms with Crippen molar-refractivity contribution in [3.05, 3.63) is 77.9 Å². The molecule has 0 spiro atoms. The summed E-state index contributed by atoms with van der Waals surface area (Å²) in [6.45, 7) is 6.42. The van der Waals surface area contributed by atoms with Gasteiger partial charge in [-0.25, -0.2) is 0 Å². The molecule has 0 radical (unpaired) electrons. The van der Waals surface area contributed by atoms with Crippen LogP contribution in [-0.2, 0) is 0 Å². The van der Waals surface area contributed by atoms with Crippen LogP contribution in [0.3, 0.4) is 0 Å². The molecule has 0 aromatic heterocycles. The van der Waals surface area contributed by atoms with Crippen LogP contribution in [0.5, 0.6) is 0 Å². The van der Waals surface area contributed by atoms with E-state index in [-0.39, 0.29) is 0 Å². The minimum Gasteiger partial charge on any atom is -0.0979 e. The molecule has 0 N–H and O–H groups in total. The van der Waals surface area contributed by atoms with E-state index in [0.717, 1.165) is 35.1 Å². The number of hydrogen-bond acceptors (Lipinski definition) is 0. The Morgan fingerprint density at radius 1 is 1.00 bits per heavy atom. The van der Waals surface area contributed by atoms with Gasteiger partial charge in [0.15, 0.2) is 0 Å². The van der Waals surface area contributed by atoms with Gasteiger partial charge in [-0.15, -0.1) is 0 Å². The highest BCUT2D eigenvalue weighted by Crippen LogP contribution is 2.24. The van der Waals surface area contributed by atoms with Crippen molar-refractivity contribution in [1.82, 2.24) is 0 Å². The van der Waals surface area contributed by atoms with Crippen molar-refractivity contribution in [1.29, 1.82) is 0 Å². The van der Waals surface area contributed by atoms with Gasteiger partial charge in [-0.1, -0.05) is 80.3 Å². The zero-order chi connectivity index (χ0) is 14.2. The predicted octanol–water partition coefficient (Wildman–Crippen LogP) is 5.29. The Morgan fingerprint density at radius 2 is 1.70 bits per heavy atom. The average molecular weight is 260 g/mol. The van der Waals surface area contributed by atoms with Crippen LogP contribution >= 0.6 is 0 Å². The van der Waals surface area contributed by atoms with Gasteiger partial charge in [0.2, 0.25) is 0 Å².